The number of nitrogens with one attached hydrogen (secondary N) is 1. The highest BCUT2D eigenvalue weighted by atomic mass is 35.5. The largest absolute Gasteiger partial charge is 0.481 e. The molecule has 0 aromatic heterocycles. The summed E-state index contributed by atoms with van der Waals surface area (Å²) in [6.45, 7) is 5.89. The monoisotopic (exact) mass is 547 g/mol. The molecule has 3 saturated carbocycles. The van der Waals surface area contributed by atoms with Gasteiger partial charge in [0.05, 0.1) is 18.1 Å². The Morgan fingerprint density at radius 2 is 1.56 bits per heavy atom. The first-order valence-corrected chi connectivity index (χ1v) is 14.4. The number of amides is 1. The van der Waals surface area contributed by atoms with E-state index in [1.54, 1.807) is 6.92 Å². The van der Waals surface area contributed by atoms with E-state index in [1.165, 1.54) is 0 Å². The fourth-order valence-corrected chi connectivity index (χ4v) is 7.43. The molecule has 3 rings (SSSR count). The zero-order chi connectivity index (χ0) is 26.7. The van der Waals surface area contributed by atoms with Crippen molar-refractivity contribution in [3.8, 4) is 0 Å². The summed E-state index contributed by atoms with van der Waals surface area (Å²) < 4.78 is 6.17. The first kappa shape index (κ1) is 29.5. The molecule has 0 saturated heterocycles. The van der Waals surface area contributed by atoms with Gasteiger partial charge in [0, 0.05) is 22.6 Å². The van der Waals surface area contributed by atoms with E-state index in [0.717, 1.165) is 44.9 Å². The minimum atomic E-state index is -1.05. The summed E-state index contributed by atoms with van der Waals surface area (Å²) in [6.07, 6.45) is 8.58. The van der Waals surface area contributed by atoms with E-state index in [0.29, 0.717) is 32.3 Å². The van der Waals surface area contributed by atoms with Gasteiger partial charge in [0.2, 0.25) is 5.91 Å². The first-order chi connectivity index (χ1) is 16.9. The van der Waals surface area contributed by atoms with Crippen LogP contribution < -0.4 is 5.32 Å². The van der Waals surface area contributed by atoms with Gasteiger partial charge >= 0.3 is 11.9 Å². The Morgan fingerprint density at radius 3 is 2.11 bits per heavy atom. The number of carbonyl (C=O) groups is 3. The van der Waals surface area contributed by atoms with E-state index in [9.17, 15) is 24.6 Å². The SMILES string of the molecule is CC1(C)[C@@H](C(=O)N[C@@H](CC2CCC(OCC3C(Cl)CCCC3Cl)CC2)C(=O)O)CCC[C@@]1(C)C(=O)O. The maximum atomic E-state index is 13.2. The molecule has 0 bridgehead atoms. The molecule has 3 aliphatic rings. The highest BCUT2D eigenvalue weighted by molar-refractivity contribution is 6.24. The number of alkyl halides is 2. The number of aliphatic carboxylic acids is 2. The van der Waals surface area contributed by atoms with Crippen LogP contribution in [0.3, 0.4) is 0 Å². The summed E-state index contributed by atoms with van der Waals surface area (Å²) in [6, 6.07) is -0.981. The number of halogens is 2. The van der Waals surface area contributed by atoms with Crippen molar-refractivity contribution in [2.24, 2.45) is 28.6 Å². The molecule has 3 aliphatic carbocycles. The second-order valence-electron chi connectivity index (χ2n) is 12.0. The van der Waals surface area contributed by atoms with Crippen LogP contribution in [-0.2, 0) is 19.1 Å². The van der Waals surface area contributed by atoms with Gasteiger partial charge < -0.3 is 20.3 Å². The fourth-order valence-electron chi connectivity index (χ4n) is 6.55. The zero-order valence-electron chi connectivity index (χ0n) is 21.8. The number of carboxylic acids is 2. The van der Waals surface area contributed by atoms with Crippen molar-refractivity contribution in [1.82, 2.24) is 5.32 Å². The molecule has 0 aliphatic heterocycles. The van der Waals surface area contributed by atoms with Gasteiger partial charge in [-0.2, -0.15) is 0 Å². The molecule has 1 amide bonds. The lowest BCUT2D eigenvalue weighted by Gasteiger charge is -2.49. The van der Waals surface area contributed by atoms with Crippen LogP contribution in [0.5, 0.6) is 0 Å². The highest BCUT2D eigenvalue weighted by Gasteiger charge is 2.55. The summed E-state index contributed by atoms with van der Waals surface area (Å²) in [5, 5.41) is 22.5. The molecule has 0 aromatic carbocycles. The standard InChI is InChI=1S/C27H43Cl2NO6/c1-26(2)19(6-5-13-27(26,3)25(34)35)23(31)30-22(24(32)33)14-16-9-11-17(12-10-16)36-15-18-20(28)7-4-8-21(18)29/h16-22H,4-15H2,1-3H3,(H,30,31)(H,32,33)(H,34,35)/t16?,17?,18?,19-,20?,21?,22+,27+/m1/s1. The molecule has 0 heterocycles. The molecule has 9 heteroatoms. The lowest BCUT2D eigenvalue weighted by atomic mass is 9.53. The third-order valence-corrected chi connectivity index (χ3v) is 10.7. The lowest BCUT2D eigenvalue weighted by molar-refractivity contribution is -0.166. The predicted octanol–water partition coefficient (Wildman–Crippen LogP) is 5.45. The van der Waals surface area contributed by atoms with E-state index < -0.39 is 34.7 Å². The van der Waals surface area contributed by atoms with Crippen molar-refractivity contribution in [3.63, 3.8) is 0 Å². The summed E-state index contributed by atoms with van der Waals surface area (Å²) in [5.41, 5.74) is -1.82. The number of hydrogen-bond acceptors (Lipinski definition) is 4. The van der Waals surface area contributed by atoms with Crippen molar-refractivity contribution in [3.05, 3.63) is 0 Å². The van der Waals surface area contributed by atoms with Gasteiger partial charge in [-0.25, -0.2) is 4.79 Å². The Kier molecular flexibility index (Phi) is 10.0. The molecule has 7 nitrogen and oxygen atoms in total. The summed E-state index contributed by atoms with van der Waals surface area (Å²) in [4.78, 5) is 37.2. The minimum absolute atomic E-state index is 0.0556. The predicted molar refractivity (Wildman–Crippen MR) is 139 cm³/mol. The Labute approximate surface area is 225 Å². The maximum absolute atomic E-state index is 13.2. The summed E-state index contributed by atoms with van der Waals surface area (Å²) in [7, 11) is 0. The molecule has 2 unspecified atom stereocenters. The van der Waals surface area contributed by atoms with Gasteiger partial charge in [-0.1, -0.05) is 26.7 Å². The van der Waals surface area contributed by atoms with E-state index in [2.05, 4.69) is 5.32 Å². The van der Waals surface area contributed by atoms with E-state index in [4.69, 9.17) is 27.9 Å². The van der Waals surface area contributed by atoms with E-state index in [-0.39, 0.29) is 34.6 Å². The quantitative estimate of drug-likeness (QED) is 0.330. The molecular formula is C27H43Cl2NO6. The number of carbonyl (C=O) groups excluding carboxylic acids is 1. The fraction of sp³-hybridized carbons (Fsp3) is 0.889. The molecule has 206 valence electrons. The van der Waals surface area contributed by atoms with Gasteiger partial charge in [-0.15, -0.1) is 23.2 Å². The maximum Gasteiger partial charge on any atom is 0.326 e. The third-order valence-electron chi connectivity index (χ3n) is 9.64. The van der Waals surface area contributed by atoms with Gasteiger partial charge in [0.25, 0.3) is 0 Å². The molecule has 3 fully saturated rings. The van der Waals surface area contributed by atoms with Crippen molar-refractivity contribution >= 4 is 41.0 Å². The van der Waals surface area contributed by atoms with Gasteiger partial charge in [0.1, 0.15) is 6.04 Å². The third kappa shape index (κ3) is 6.50. The molecule has 0 spiro atoms. The van der Waals surface area contributed by atoms with Crippen molar-refractivity contribution in [2.75, 3.05) is 6.61 Å². The van der Waals surface area contributed by atoms with Crippen LogP contribution >= 0.6 is 23.2 Å². The number of ether oxygens (including phenoxy) is 1. The van der Waals surface area contributed by atoms with E-state index >= 15 is 0 Å². The van der Waals surface area contributed by atoms with E-state index in [1.807, 2.05) is 13.8 Å². The molecule has 3 N–H and O–H groups in total. The van der Waals surface area contributed by atoms with Crippen molar-refractivity contribution in [1.29, 1.82) is 0 Å². The lowest BCUT2D eigenvalue weighted by Crippen LogP contribution is -2.55. The average molecular weight is 549 g/mol. The normalized spacial score (nSPS) is 37.6. The van der Waals surface area contributed by atoms with Gasteiger partial charge in [-0.3, -0.25) is 9.59 Å². The zero-order valence-corrected chi connectivity index (χ0v) is 23.3. The Bertz CT molecular complexity index is 789. The van der Waals surface area contributed by atoms with Crippen LogP contribution in [0.25, 0.3) is 0 Å². The van der Waals surface area contributed by atoms with Gasteiger partial charge in [-0.05, 0) is 76.0 Å². The number of hydrogen-bond donors (Lipinski definition) is 3. The summed E-state index contributed by atoms with van der Waals surface area (Å²) in [5.74, 6) is -2.50. The smallest absolute Gasteiger partial charge is 0.326 e. The minimum Gasteiger partial charge on any atom is -0.481 e. The van der Waals surface area contributed by atoms with Crippen LogP contribution in [0, 0.1) is 28.6 Å². The second-order valence-corrected chi connectivity index (χ2v) is 13.2. The molecular weight excluding hydrogens is 505 g/mol. The average Bonchev–Trinajstić information content (AvgIpc) is 2.80. The Balaban J connectivity index is 1.51. The van der Waals surface area contributed by atoms with Crippen LogP contribution in [0.15, 0.2) is 0 Å². The number of rotatable bonds is 9. The highest BCUT2D eigenvalue weighted by Crippen LogP contribution is 2.53. The number of carboxylic acid groups (broad SMARTS) is 2. The van der Waals surface area contributed by atoms with Crippen LogP contribution in [0.4, 0.5) is 0 Å². The molecule has 0 aromatic rings. The molecule has 36 heavy (non-hydrogen) atoms. The Hall–Kier alpha value is -1.05. The van der Waals surface area contributed by atoms with Crippen LogP contribution in [0.1, 0.15) is 91.4 Å². The first-order valence-electron chi connectivity index (χ1n) is 13.5. The van der Waals surface area contributed by atoms with Crippen LogP contribution in [0.2, 0.25) is 0 Å². The van der Waals surface area contributed by atoms with Crippen LogP contribution in [-0.4, -0.2) is 57.6 Å². The summed E-state index contributed by atoms with van der Waals surface area (Å²) >= 11 is 12.9. The molecule has 5 atom stereocenters. The topological polar surface area (TPSA) is 113 Å². The van der Waals surface area contributed by atoms with Gasteiger partial charge in [0.15, 0.2) is 0 Å². The molecule has 0 radical (unpaired) electrons. The van der Waals surface area contributed by atoms with Crippen molar-refractivity contribution < 1.29 is 29.3 Å². The second kappa shape index (κ2) is 12.2. The Morgan fingerprint density at radius 1 is 0.944 bits per heavy atom. The van der Waals surface area contributed by atoms with Crippen molar-refractivity contribution in [2.45, 2.75) is 114 Å².